The summed E-state index contributed by atoms with van der Waals surface area (Å²) in [4.78, 5) is 19.5. The van der Waals surface area contributed by atoms with Gasteiger partial charge in [0.15, 0.2) is 10.8 Å². The fourth-order valence-electron chi connectivity index (χ4n) is 1.27. The maximum absolute atomic E-state index is 11.3. The van der Waals surface area contributed by atoms with E-state index in [1.165, 1.54) is 16.3 Å². The summed E-state index contributed by atoms with van der Waals surface area (Å²) in [7, 11) is 0. The molecule has 8 heteroatoms. The molecule has 0 radical (unpaired) electrons. The lowest BCUT2D eigenvalue weighted by molar-refractivity contribution is 0.817. The van der Waals surface area contributed by atoms with Crippen LogP contribution in [0.4, 0.5) is 0 Å². The molecule has 3 aromatic rings. The van der Waals surface area contributed by atoms with Crippen molar-refractivity contribution in [2.24, 2.45) is 0 Å². The van der Waals surface area contributed by atoms with Crippen LogP contribution < -0.4 is 5.69 Å². The summed E-state index contributed by atoms with van der Waals surface area (Å²) in [5, 5.41) is 11.4. The molecule has 3 rings (SSSR count). The number of hydrogen-bond donors (Lipinski definition) is 1. The molecule has 3 heterocycles. The Morgan fingerprint density at radius 1 is 1.24 bits per heavy atom. The van der Waals surface area contributed by atoms with E-state index in [-0.39, 0.29) is 5.69 Å². The van der Waals surface area contributed by atoms with Crippen molar-refractivity contribution in [3.05, 3.63) is 41.1 Å². The van der Waals surface area contributed by atoms with Gasteiger partial charge in [-0.15, -0.1) is 0 Å². The normalized spacial score (nSPS) is 10.8. The van der Waals surface area contributed by atoms with Crippen LogP contribution >= 0.6 is 11.8 Å². The van der Waals surface area contributed by atoms with Crippen molar-refractivity contribution in [2.75, 3.05) is 0 Å². The summed E-state index contributed by atoms with van der Waals surface area (Å²) in [5.41, 5.74) is 0.116. The van der Waals surface area contributed by atoms with Crippen molar-refractivity contribution in [3.63, 3.8) is 0 Å². The van der Waals surface area contributed by atoms with Gasteiger partial charge in [-0.1, -0.05) is 0 Å². The van der Waals surface area contributed by atoms with E-state index < -0.39 is 0 Å². The third kappa shape index (κ3) is 1.89. The van der Waals surface area contributed by atoms with Crippen LogP contribution in [0, 0.1) is 0 Å². The van der Waals surface area contributed by atoms with Crippen LogP contribution in [0.3, 0.4) is 0 Å². The number of H-pyrrole nitrogens is 1. The van der Waals surface area contributed by atoms with E-state index in [0.29, 0.717) is 15.8 Å². The first kappa shape index (κ1) is 9.97. The molecule has 0 bridgehead atoms. The Labute approximate surface area is 98.9 Å². The molecule has 0 fully saturated rings. The van der Waals surface area contributed by atoms with Crippen molar-refractivity contribution in [1.82, 2.24) is 29.8 Å². The zero-order valence-electron chi connectivity index (χ0n) is 8.44. The Morgan fingerprint density at radius 2 is 2.06 bits per heavy atom. The van der Waals surface area contributed by atoms with Gasteiger partial charge in [-0.3, -0.25) is 0 Å². The van der Waals surface area contributed by atoms with Crippen LogP contribution in [0.5, 0.6) is 0 Å². The molecule has 0 aliphatic heterocycles. The SMILES string of the molecule is O=c1[nH]nc2ccc(Sc3ncccn3)nn12. The van der Waals surface area contributed by atoms with E-state index in [2.05, 4.69) is 25.3 Å². The van der Waals surface area contributed by atoms with Gasteiger partial charge < -0.3 is 0 Å². The van der Waals surface area contributed by atoms with Crippen molar-refractivity contribution in [3.8, 4) is 0 Å². The molecule has 0 aliphatic rings. The Hall–Kier alpha value is -2.22. The summed E-state index contributed by atoms with van der Waals surface area (Å²) in [6.45, 7) is 0. The molecule has 17 heavy (non-hydrogen) atoms. The predicted octanol–water partition coefficient (Wildman–Crippen LogP) is 0.359. The minimum absolute atomic E-state index is 0.364. The van der Waals surface area contributed by atoms with Gasteiger partial charge in [0, 0.05) is 12.4 Å². The topological polar surface area (TPSA) is 88.8 Å². The second kappa shape index (κ2) is 3.98. The fourth-order valence-corrected chi connectivity index (χ4v) is 1.94. The molecular formula is C9H6N6OS. The largest absolute Gasteiger partial charge is 0.364 e. The zero-order valence-corrected chi connectivity index (χ0v) is 9.26. The standard InChI is InChI=1S/C9H6N6OS/c16-9-13-12-6-2-3-7(14-15(6)9)17-8-10-4-1-5-11-8/h1-5H,(H,13,16). The number of fused-ring (bicyclic) bond motifs is 1. The van der Waals surface area contributed by atoms with Crippen LogP contribution in [-0.2, 0) is 0 Å². The average Bonchev–Trinajstić information content (AvgIpc) is 2.73. The highest BCUT2D eigenvalue weighted by Crippen LogP contribution is 2.20. The van der Waals surface area contributed by atoms with Crippen LogP contribution in [0.2, 0.25) is 0 Å². The third-order valence-corrected chi connectivity index (χ3v) is 2.81. The second-order valence-electron chi connectivity index (χ2n) is 3.10. The number of nitrogens with one attached hydrogen (secondary N) is 1. The second-order valence-corrected chi connectivity index (χ2v) is 4.09. The Morgan fingerprint density at radius 3 is 2.88 bits per heavy atom. The molecule has 0 atom stereocenters. The Kier molecular flexibility index (Phi) is 2.33. The van der Waals surface area contributed by atoms with E-state index in [9.17, 15) is 4.79 Å². The van der Waals surface area contributed by atoms with Gasteiger partial charge >= 0.3 is 5.69 Å². The minimum Gasteiger partial charge on any atom is -0.244 e. The van der Waals surface area contributed by atoms with Gasteiger partial charge in [-0.2, -0.15) is 14.7 Å². The average molecular weight is 246 g/mol. The maximum Gasteiger partial charge on any atom is 0.364 e. The molecule has 84 valence electrons. The van der Waals surface area contributed by atoms with Gasteiger partial charge in [-0.25, -0.2) is 19.9 Å². The van der Waals surface area contributed by atoms with E-state index in [4.69, 9.17) is 0 Å². The summed E-state index contributed by atoms with van der Waals surface area (Å²) < 4.78 is 1.20. The van der Waals surface area contributed by atoms with E-state index in [0.717, 1.165) is 0 Å². The number of aromatic amines is 1. The van der Waals surface area contributed by atoms with Crippen LogP contribution in [0.15, 0.2) is 45.6 Å². The summed E-state index contributed by atoms with van der Waals surface area (Å²) in [6.07, 6.45) is 3.30. The van der Waals surface area contributed by atoms with Crippen LogP contribution in [-0.4, -0.2) is 29.8 Å². The quantitative estimate of drug-likeness (QED) is 0.657. The minimum atomic E-state index is -0.364. The number of rotatable bonds is 2. The monoisotopic (exact) mass is 246 g/mol. The molecule has 0 saturated heterocycles. The highest BCUT2D eigenvalue weighted by atomic mass is 32.2. The van der Waals surface area contributed by atoms with Crippen molar-refractivity contribution in [1.29, 1.82) is 0 Å². The summed E-state index contributed by atoms with van der Waals surface area (Å²) in [5.74, 6) is 0. The van der Waals surface area contributed by atoms with E-state index >= 15 is 0 Å². The van der Waals surface area contributed by atoms with Crippen molar-refractivity contribution >= 4 is 17.4 Å². The molecule has 0 unspecified atom stereocenters. The van der Waals surface area contributed by atoms with Gasteiger partial charge in [-0.05, 0) is 30.0 Å². The Balaban J connectivity index is 2.01. The Bertz CT molecular complexity index is 706. The van der Waals surface area contributed by atoms with Crippen LogP contribution in [0.1, 0.15) is 0 Å². The lowest BCUT2D eigenvalue weighted by Gasteiger charge is -1.98. The van der Waals surface area contributed by atoms with Gasteiger partial charge in [0.25, 0.3) is 0 Å². The number of aromatic nitrogens is 6. The molecular weight excluding hydrogens is 240 g/mol. The molecule has 0 amide bonds. The molecule has 0 saturated carbocycles. The van der Waals surface area contributed by atoms with Crippen LogP contribution in [0.25, 0.3) is 5.65 Å². The van der Waals surface area contributed by atoms with Gasteiger partial charge in [0.2, 0.25) is 0 Å². The van der Waals surface area contributed by atoms with Gasteiger partial charge in [0.1, 0.15) is 5.03 Å². The summed E-state index contributed by atoms with van der Waals surface area (Å²) >= 11 is 1.28. The molecule has 0 spiro atoms. The van der Waals surface area contributed by atoms with E-state index in [1.54, 1.807) is 30.6 Å². The molecule has 7 nitrogen and oxygen atoms in total. The third-order valence-electron chi connectivity index (χ3n) is 1.99. The molecule has 0 aromatic carbocycles. The van der Waals surface area contributed by atoms with Gasteiger partial charge in [0.05, 0.1) is 0 Å². The maximum atomic E-state index is 11.3. The predicted molar refractivity (Wildman–Crippen MR) is 59.8 cm³/mol. The molecule has 1 N–H and O–H groups in total. The first-order chi connectivity index (χ1) is 8.33. The van der Waals surface area contributed by atoms with Crippen molar-refractivity contribution < 1.29 is 0 Å². The lowest BCUT2D eigenvalue weighted by Crippen LogP contribution is -2.12. The molecule has 3 aromatic heterocycles. The lowest BCUT2D eigenvalue weighted by atomic mass is 10.6. The first-order valence-electron chi connectivity index (χ1n) is 4.72. The smallest absolute Gasteiger partial charge is 0.244 e. The highest BCUT2D eigenvalue weighted by molar-refractivity contribution is 7.99. The van der Waals surface area contributed by atoms with Crippen molar-refractivity contribution in [2.45, 2.75) is 10.2 Å². The first-order valence-corrected chi connectivity index (χ1v) is 5.54. The number of hydrogen-bond acceptors (Lipinski definition) is 6. The zero-order chi connectivity index (χ0) is 11.7. The highest BCUT2D eigenvalue weighted by Gasteiger charge is 2.05. The summed E-state index contributed by atoms with van der Waals surface area (Å²) in [6, 6.07) is 5.20. The molecule has 0 aliphatic carbocycles. The number of nitrogens with zero attached hydrogens (tertiary/aromatic N) is 5. The van der Waals surface area contributed by atoms with E-state index in [1.807, 2.05) is 0 Å². The fraction of sp³-hybridized carbons (Fsp3) is 0.